The highest BCUT2D eigenvalue weighted by Gasteiger charge is 2.34. The van der Waals surface area contributed by atoms with Crippen LogP contribution in [0.4, 0.5) is 0 Å². The molecular formula is C22H27NO3. The number of aromatic hydroxyl groups is 1. The van der Waals surface area contributed by atoms with Crippen LogP contribution in [0.15, 0.2) is 42.5 Å². The van der Waals surface area contributed by atoms with E-state index in [1.807, 2.05) is 6.07 Å². The Kier molecular flexibility index (Phi) is 4.63. The highest BCUT2D eigenvalue weighted by atomic mass is 16.5. The third-order valence-corrected chi connectivity index (χ3v) is 5.69. The Morgan fingerprint density at radius 1 is 1.12 bits per heavy atom. The van der Waals surface area contributed by atoms with Crippen molar-refractivity contribution in [3.63, 3.8) is 0 Å². The number of rotatable bonds is 4. The van der Waals surface area contributed by atoms with Crippen LogP contribution >= 0.6 is 0 Å². The monoisotopic (exact) mass is 353 g/mol. The number of benzene rings is 2. The summed E-state index contributed by atoms with van der Waals surface area (Å²) in [7, 11) is 0. The van der Waals surface area contributed by atoms with E-state index in [1.54, 1.807) is 12.1 Å². The molecule has 1 atom stereocenters. The van der Waals surface area contributed by atoms with Gasteiger partial charge in [-0.3, -0.25) is 4.90 Å². The van der Waals surface area contributed by atoms with Gasteiger partial charge in [0.2, 0.25) is 0 Å². The smallest absolute Gasteiger partial charge is 0.123 e. The molecule has 4 nitrogen and oxygen atoms in total. The van der Waals surface area contributed by atoms with Crippen LogP contribution in [0.2, 0.25) is 0 Å². The van der Waals surface area contributed by atoms with E-state index in [0.29, 0.717) is 5.75 Å². The minimum atomic E-state index is -0.600. The van der Waals surface area contributed by atoms with Crippen molar-refractivity contribution in [3.05, 3.63) is 59.2 Å². The van der Waals surface area contributed by atoms with Crippen LogP contribution in [-0.2, 0) is 12.8 Å². The lowest BCUT2D eigenvalue weighted by Crippen LogP contribution is -2.48. The lowest BCUT2D eigenvalue weighted by Gasteiger charge is -2.39. The number of likely N-dealkylation sites (tertiary alicyclic amines) is 1. The van der Waals surface area contributed by atoms with Gasteiger partial charge in [-0.05, 0) is 43.5 Å². The zero-order chi connectivity index (χ0) is 18.1. The largest absolute Gasteiger partial charge is 0.508 e. The van der Waals surface area contributed by atoms with Crippen molar-refractivity contribution in [2.24, 2.45) is 0 Å². The van der Waals surface area contributed by atoms with Gasteiger partial charge in [0.15, 0.2) is 0 Å². The van der Waals surface area contributed by atoms with E-state index in [1.165, 1.54) is 11.1 Å². The van der Waals surface area contributed by atoms with Crippen LogP contribution < -0.4 is 4.74 Å². The summed E-state index contributed by atoms with van der Waals surface area (Å²) in [5, 5.41) is 20.6. The van der Waals surface area contributed by atoms with Gasteiger partial charge in [-0.2, -0.15) is 0 Å². The summed E-state index contributed by atoms with van der Waals surface area (Å²) in [4.78, 5) is 2.39. The van der Waals surface area contributed by atoms with Gasteiger partial charge in [-0.1, -0.05) is 29.8 Å². The van der Waals surface area contributed by atoms with Crippen LogP contribution in [0.1, 0.15) is 29.5 Å². The number of hydrogen-bond acceptors (Lipinski definition) is 4. The van der Waals surface area contributed by atoms with Crippen molar-refractivity contribution in [1.82, 2.24) is 4.90 Å². The lowest BCUT2D eigenvalue weighted by molar-refractivity contribution is -0.0265. The molecule has 138 valence electrons. The van der Waals surface area contributed by atoms with Gasteiger partial charge in [0.1, 0.15) is 17.6 Å². The van der Waals surface area contributed by atoms with Crippen molar-refractivity contribution in [2.75, 3.05) is 19.6 Å². The molecule has 0 radical (unpaired) electrons. The molecule has 2 aromatic carbocycles. The molecule has 2 aliphatic heterocycles. The van der Waals surface area contributed by atoms with Gasteiger partial charge in [-0.15, -0.1) is 0 Å². The number of phenols is 1. The summed E-state index contributed by atoms with van der Waals surface area (Å²) in [5.41, 5.74) is 2.95. The molecule has 1 unspecified atom stereocenters. The molecule has 0 amide bonds. The predicted octanol–water partition coefficient (Wildman–Crippen LogP) is 3.07. The number of ether oxygens (including phenoxy) is 1. The fourth-order valence-electron chi connectivity index (χ4n) is 4.11. The van der Waals surface area contributed by atoms with Crippen molar-refractivity contribution >= 4 is 0 Å². The summed E-state index contributed by atoms with van der Waals surface area (Å²) in [6.07, 6.45) is 3.29. The number of piperidine rings is 1. The summed E-state index contributed by atoms with van der Waals surface area (Å²) in [6.45, 7) is 4.74. The number of aryl methyl sites for hydroxylation is 1. The fourth-order valence-corrected chi connectivity index (χ4v) is 4.11. The van der Waals surface area contributed by atoms with Crippen LogP contribution in [0.25, 0.3) is 0 Å². The summed E-state index contributed by atoms with van der Waals surface area (Å²) in [5.74, 6) is 1.19. The molecule has 2 aliphatic rings. The predicted molar refractivity (Wildman–Crippen MR) is 102 cm³/mol. The van der Waals surface area contributed by atoms with Crippen LogP contribution in [0, 0.1) is 6.92 Å². The topological polar surface area (TPSA) is 52.9 Å². The number of nitrogens with zero attached hydrogens (tertiary/aromatic N) is 1. The zero-order valence-corrected chi connectivity index (χ0v) is 15.3. The molecule has 0 bridgehead atoms. The third-order valence-electron chi connectivity index (χ3n) is 5.69. The van der Waals surface area contributed by atoms with Crippen molar-refractivity contribution < 1.29 is 14.9 Å². The maximum absolute atomic E-state index is 11.0. The van der Waals surface area contributed by atoms with Gasteiger partial charge in [0, 0.05) is 38.0 Å². The lowest BCUT2D eigenvalue weighted by atomic mass is 9.85. The molecule has 4 rings (SSSR count). The number of fused-ring (bicyclic) bond motifs is 1. The first kappa shape index (κ1) is 17.4. The average Bonchev–Trinajstić information content (AvgIpc) is 3.01. The van der Waals surface area contributed by atoms with Crippen molar-refractivity contribution in [1.29, 1.82) is 0 Å². The summed E-state index contributed by atoms with van der Waals surface area (Å²) < 4.78 is 6.01. The highest BCUT2D eigenvalue weighted by Crippen LogP contribution is 2.33. The second-order valence-corrected chi connectivity index (χ2v) is 7.92. The molecule has 26 heavy (non-hydrogen) atoms. The Morgan fingerprint density at radius 3 is 2.58 bits per heavy atom. The van der Waals surface area contributed by atoms with E-state index in [-0.39, 0.29) is 6.10 Å². The molecular weight excluding hydrogens is 326 g/mol. The number of aliphatic hydroxyl groups is 1. The van der Waals surface area contributed by atoms with Gasteiger partial charge >= 0.3 is 0 Å². The second kappa shape index (κ2) is 6.93. The van der Waals surface area contributed by atoms with Crippen LogP contribution in [0.3, 0.4) is 0 Å². The van der Waals surface area contributed by atoms with E-state index < -0.39 is 5.60 Å². The van der Waals surface area contributed by atoms with Gasteiger partial charge in [-0.25, -0.2) is 0 Å². The first-order valence-electron chi connectivity index (χ1n) is 9.48. The molecule has 0 saturated carbocycles. The standard InChI is InChI=1S/C22H27NO3/c1-16-2-4-17(5-3-16)14-22(25)8-10-23(11-9-22)15-20-13-18-12-19(24)6-7-21(18)26-20/h2-7,12,20,24-25H,8-11,13-15H2,1H3. The number of phenolic OH excluding ortho intramolecular Hbond substituents is 1. The Hall–Kier alpha value is -2.04. The van der Waals surface area contributed by atoms with Gasteiger partial charge < -0.3 is 14.9 Å². The summed E-state index contributed by atoms with van der Waals surface area (Å²) >= 11 is 0. The molecule has 0 aromatic heterocycles. The third kappa shape index (κ3) is 3.87. The fraction of sp³-hybridized carbons (Fsp3) is 0.455. The Balaban J connectivity index is 1.29. The average molecular weight is 353 g/mol. The first-order chi connectivity index (χ1) is 12.5. The molecule has 1 fully saturated rings. The van der Waals surface area contributed by atoms with E-state index >= 15 is 0 Å². The Bertz CT molecular complexity index is 763. The van der Waals surface area contributed by atoms with E-state index in [2.05, 4.69) is 36.1 Å². The quantitative estimate of drug-likeness (QED) is 0.887. The normalized spacial score (nSPS) is 22.0. The number of hydrogen-bond donors (Lipinski definition) is 2. The minimum absolute atomic E-state index is 0.134. The van der Waals surface area contributed by atoms with Gasteiger partial charge in [0.05, 0.1) is 5.60 Å². The minimum Gasteiger partial charge on any atom is -0.508 e. The Morgan fingerprint density at radius 2 is 1.85 bits per heavy atom. The molecule has 2 heterocycles. The van der Waals surface area contributed by atoms with Gasteiger partial charge in [0.25, 0.3) is 0 Å². The van der Waals surface area contributed by atoms with Crippen molar-refractivity contribution in [3.8, 4) is 11.5 Å². The second-order valence-electron chi connectivity index (χ2n) is 7.92. The molecule has 0 aliphatic carbocycles. The van der Waals surface area contributed by atoms with Crippen molar-refractivity contribution in [2.45, 2.75) is 44.3 Å². The molecule has 1 saturated heterocycles. The van der Waals surface area contributed by atoms with Crippen LogP contribution in [0.5, 0.6) is 11.5 Å². The maximum atomic E-state index is 11.0. The highest BCUT2D eigenvalue weighted by molar-refractivity contribution is 5.42. The molecule has 2 N–H and O–H groups in total. The van der Waals surface area contributed by atoms with E-state index in [4.69, 9.17) is 4.74 Å². The SMILES string of the molecule is Cc1ccc(CC2(O)CCN(CC3Cc4cc(O)ccc4O3)CC2)cc1. The van der Waals surface area contributed by atoms with Crippen LogP contribution in [-0.4, -0.2) is 46.5 Å². The van der Waals surface area contributed by atoms with E-state index in [0.717, 1.165) is 56.6 Å². The van der Waals surface area contributed by atoms with E-state index in [9.17, 15) is 10.2 Å². The molecule has 4 heteroatoms. The zero-order valence-electron chi connectivity index (χ0n) is 15.3. The summed E-state index contributed by atoms with van der Waals surface area (Å²) in [6, 6.07) is 13.8. The Labute approximate surface area is 155 Å². The molecule has 0 spiro atoms. The molecule has 2 aromatic rings. The first-order valence-corrected chi connectivity index (χ1v) is 9.48. The maximum Gasteiger partial charge on any atom is 0.123 e.